The Morgan fingerprint density at radius 1 is 1.41 bits per heavy atom. The molecular formula is C17H25N3O2. The van der Waals surface area contributed by atoms with Crippen molar-refractivity contribution < 1.29 is 9.59 Å². The summed E-state index contributed by atoms with van der Waals surface area (Å²) in [6.07, 6.45) is 2.14. The normalized spacial score (nSPS) is 18.1. The quantitative estimate of drug-likeness (QED) is 0.821. The topological polar surface area (TPSA) is 75.4 Å². The molecule has 1 aliphatic heterocycles. The maximum Gasteiger partial charge on any atom is 0.229 e. The van der Waals surface area contributed by atoms with E-state index in [0.29, 0.717) is 18.7 Å². The first kappa shape index (κ1) is 16.3. The molecule has 0 saturated carbocycles. The van der Waals surface area contributed by atoms with Crippen molar-refractivity contribution in [3.8, 4) is 0 Å². The zero-order chi connectivity index (χ0) is 16.3. The second-order valence-corrected chi connectivity index (χ2v) is 5.98. The van der Waals surface area contributed by atoms with Crippen LogP contribution in [0.1, 0.15) is 38.7 Å². The molecule has 2 rings (SSSR count). The highest BCUT2D eigenvalue weighted by Gasteiger charge is 2.36. The zero-order valence-electron chi connectivity index (χ0n) is 13.6. The number of hydrogen-bond acceptors (Lipinski definition) is 3. The van der Waals surface area contributed by atoms with Crippen molar-refractivity contribution in [2.45, 2.75) is 46.1 Å². The van der Waals surface area contributed by atoms with Crippen molar-refractivity contribution >= 4 is 23.2 Å². The van der Waals surface area contributed by atoms with Gasteiger partial charge in [-0.2, -0.15) is 0 Å². The molecule has 0 spiro atoms. The van der Waals surface area contributed by atoms with Gasteiger partial charge in [-0.25, -0.2) is 0 Å². The first-order valence-electron chi connectivity index (χ1n) is 7.92. The number of nitrogens with one attached hydrogen (secondary N) is 1. The maximum atomic E-state index is 12.4. The fourth-order valence-corrected chi connectivity index (χ4v) is 3.00. The fraction of sp³-hybridized carbons (Fsp3) is 0.529. The van der Waals surface area contributed by atoms with E-state index in [2.05, 4.69) is 19.2 Å². The molecular weight excluding hydrogens is 278 g/mol. The van der Waals surface area contributed by atoms with Crippen molar-refractivity contribution in [3.05, 3.63) is 23.8 Å². The minimum absolute atomic E-state index is 0.0816. The number of nitrogens with zero attached hydrogens (tertiary/aromatic N) is 1. The summed E-state index contributed by atoms with van der Waals surface area (Å²) < 4.78 is 0. The smallest absolute Gasteiger partial charge is 0.229 e. The monoisotopic (exact) mass is 303 g/mol. The summed E-state index contributed by atoms with van der Waals surface area (Å²) in [6.45, 7) is 6.58. The van der Waals surface area contributed by atoms with Crippen molar-refractivity contribution in [1.29, 1.82) is 0 Å². The Bertz CT molecular complexity index is 567. The number of hydrogen-bond donors (Lipinski definition) is 2. The lowest BCUT2D eigenvalue weighted by Gasteiger charge is -2.26. The van der Waals surface area contributed by atoms with Crippen LogP contribution in [0.4, 0.5) is 11.4 Å². The van der Waals surface area contributed by atoms with Gasteiger partial charge in [-0.1, -0.05) is 19.9 Å². The predicted molar refractivity (Wildman–Crippen MR) is 88.4 cm³/mol. The number of aryl methyl sites for hydroxylation is 1. The van der Waals surface area contributed by atoms with Crippen LogP contribution in [0.15, 0.2) is 18.2 Å². The van der Waals surface area contributed by atoms with Gasteiger partial charge >= 0.3 is 0 Å². The van der Waals surface area contributed by atoms with E-state index in [9.17, 15) is 9.59 Å². The summed E-state index contributed by atoms with van der Waals surface area (Å²) in [7, 11) is 0. The molecule has 22 heavy (non-hydrogen) atoms. The number of benzene rings is 1. The summed E-state index contributed by atoms with van der Waals surface area (Å²) in [4.78, 5) is 26.4. The number of carbonyl (C=O) groups is 2. The third kappa shape index (κ3) is 3.40. The molecule has 2 amide bonds. The van der Waals surface area contributed by atoms with Crippen molar-refractivity contribution in [3.63, 3.8) is 0 Å². The van der Waals surface area contributed by atoms with Crippen LogP contribution < -0.4 is 11.1 Å². The highest BCUT2D eigenvalue weighted by molar-refractivity contribution is 5.98. The summed E-state index contributed by atoms with van der Waals surface area (Å²) in [6, 6.07) is 5.67. The van der Waals surface area contributed by atoms with Gasteiger partial charge in [0.1, 0.15) is 0 Å². The molecule has 0 aliphatic carbocycles. The molecule has 3 N–H and O–H groups in total. The van der Waals surface area contributed by atoms with Crippen LogP contribution in [-0.4, -0.2) is 29.3 Å². The second-order valence-electron chi connectivity index (χ2n) is 5.98. The fourth-order valence-electron chi connectivity index (χ4n) is 3.00. The molecule has 1 aromatic rings. The highest BCUT2D eigenvalue weighted by Crippen LogP contribution is 2.25. The molecule has 1 heterocycles. The van der Waals surface area contributed by atoms with Crippen LogP contribution in [0, 0.1) is 12.8 Å². The van der Waals surface area contributed by atoms with Gasteiger partial charge in [0.15, 0.2) is 0 Å². The van der Waals surface area contributed by atoms with Gasteiger partial charge in [0.05, 0.1) is 5.92 Å². The van der Waals surface area contributed by atoms with Crippen LogP contribution in [0.3, 0.4) is 0 Å². The summed E-state index contributed by atoms with van der Waals surface area (Å²) >= 11 is 0. The summed E-state index contributed by atoms with van der Waals surface area (Å²) in [5.74, 6) is -0.303. The standard InChI is InChI=1S/C17H25N3O2/c1-4-14(5-2)20-10-12(8-16(20)21)17(22)19-15-9-13(18)7-6-11(15)3/h6-7,9,12,14H,4-5,8,10,18H2,1-3H3,(H,19,22). The number of anilines is 2. The third-order valence-corrected chi connectivity index (χ3v) is 4.43. The van der Waals surface area contributed by atoms with Gasteiger partial charge in [0.2, 0.25) is 11.8 Å². The molecule has 1 aromatic carbocycles. The first-order chi connectivity index (χ1) is 10.5. The molecule has 1 saturated heterocycles. The Morgan fingerprint density at radius 3 is 2.73 bits per heavy atom. The van der Waals surface area contributed by atoms with Crippen LogP contribution in [0.25, 0.3) is 0 Å². The molecule has 5 nitrogen and oxygen atoms in total. The number of amides is 2. The SMILES string of the molecule is CCC(CC)N1CC(C(=O)Nc2cc(N)ccc2C)CC1=O. The van der Waals surface area contributed by atoms with Gasteiger partial charge in [-0.3, -0.25) is 9.59 Å². The molecule has 1 atom stereocenters. The van der Waals surface area contributed by atoms with Crippen LogP contribution in [0.5, 0.6) is 0 Å². The number of likely N-dealkylation sites (tertiary alicyclic amines) is 1. The van der Waals surface area contributed by atoms with Crippen molar-refractivity contribution in [2.24, 2.45) is 5.92 Å². The molecule has 1 aliphatic rings. The summed E-state index contributed by atoms with van der Waals surface area (Å²) in [5.41, 5.74) is 8.06. The molecule has 1 unspecified atom stereocenters. The Balaban J connectivity index is 2.05. The van der Waals surface area contributed by atoms with Gasteiger partial charge in [0, 0.05) is 30.4 Å². The average molecular weight is 303 g/mol. The predicted octanol–water partition coefficient (Wildman–Crippen LogP) is 2.55. The van der Waals surface area contributed by atoms with Gasteiger partial charge in [0.25, 0.3) is 0 Å². The van der Waals surface area contributed by atoms with Crippen LogP contribution in [-0.2, 0) is 9.59 Å². The van der Waals surface area contributed by atoms with E-state index < -0.39 is 0 Å². The minimum atomic E-state index is -0.283. The largest absolute Gasteiger partial charge is 0.399 e. The zero-order valence-corrected chi connectivity index (χ0v) is 13.6. The average Bonchev–Trinajstić information content (AvgIpc) is 2.87. The first-order valence-corrected chi connectivity index (χ1v) is 7.92. The molecule has 5 heteroatoms. The van der Waals surface area contributed by atoms with Gasteiger partial charge in [-0.15, -0.1) is 0 Å². The van der Waals surface area contributed by atoms with Crippen molar-refractivity contribution in [2.75, 3.05) is 17.6 Å². The molecule has 1 fully saturated rings. The van der Waals surface area contributed by atoms with E-state index >= 15 is 0 Å². The van der Waals surface area contributed by atoms with E-state index in [1.807, 2.05) is 17.9 Å². The van der Waals surface area contributed by atoms with Crippen molar-refractivity contribution in [1.82, 2.24) is 4.90 Å². The second kappa shape index (κ2) is 6.81. The molecule has 120 valence electrons. The number of nitrogen functional groups attached to an aromatic ring is 1. The number of carbonyl (C=O) groups excluding carboxylic acids is 2. The molecule has 0 radical (unpaired) electrons. The molecule has 0 bridgehead atoms. The Kier molecular flexibility index (Phi) is 5.06. The Labute approximate surface area is 131 Å². The third-order valence-electron chi connectivity index (χ3n) is 4.43. The molecule has 0 aromatic heterocycles. The minimum Gasteiger partial charge on any atom is -0.399 e. The van der Waals surface area contributed by atoms with Crippen LogP contribution in [0.2, 0.25) is 0 Å². The van der Waals surface area contributed by atoms with Gasteiger partial charge in [-0.05, 0) is 37.5 Å². The number of rotatable bonds is 5. The van der Waals surface area contributed by atoms with E-state index in [1.54, 1.807) is 12.1 Å². The van der Waals surface area contributed by atoms with E-state index in [0.717, 1.165) is 24.1 Å². The lowest BCUT2D eigenvalue weighted by atomic mass is 10.1. The summed E-state index contributed by atoms with van der Waals surface area (Å²) in [5, 5.41) is 2.91. The van der Waals surface area contributed by atoms with E-state index in [-0.39, 0.29) is 23.8 Å². The van der Waals surface area contributed by atoms with E-state index in [4.69, 9.17) is 5.73 Å². The lowest BCUT2D eigenvalue weighted by molar-refractivity contribution is -0.130. The lowest BCUT2D eigenvalue weighted by Crippen LogP contribution is -2.36. The van der Waals surface area contributed by atoms with Crippen LogP contribution >= 0.6 is 0 Å². The van der Waals surface area contributed by atoms with E-state index in [1.165, 1.54) is 0 Å². The Morgan fingerprint density at radius 2 is 2.09 bits per heavy atom. The maximum absolute atomic E-state index is 12.4. The van der Waals surface area contributed by atoms with Gasteiger partial charge < -0.3 is 16.0 Å². The number of nitrogens with two attached hydrogens (primary N) is 1. The highest BCUT2D eigenvalue weighted by atomic mass is 16.2. The Hall–Kier alpha value is -2.04.